The van der Waals surface area contributed by atoms with Gasteiger partial charge in [0.15, 0.2) is 0 Å². The molecule has 0 spiro atoms. The fourth-order valence-electron chi connectivity index (χ4n) is 1.80. The lowest BCUT2D eigenvalue weighted by Gasteiger charge is -2.27. The normalized spacial score (nSPS) is 20.9. The molecule has 0 N–H and O–H groups in total. The number of esters is 1. The van der Waals surface area contributed by atoms with Crippen molar-refractivity contribution in [2.24, 2.45) is 0 Å². The van der Waals surface area contributed by atoms with Crippen LogP contribution in [0, 0.1) is 5.21 Å². The predicted octanol–water partition coefficient (Wildman–Crippen LogP) is 1.69. The average Bonchev–Trinajstić information content (AvgIpc) is 2.74. The van der Waals surface area contributed by atoms with Gasteiger partial charge in [0.25, 0.3) is 0 Å². The van der Waals surface area contributed by atoms with E-state index < -0.39 is 12.0 Å². The standard InChI is InChI=1S/C12H14NO3/c14-12(11-7-4-8-13(11)15)16-9-10-5-2-1-3-6-10/h1-3,5-6,11H,4,7-9H2/q-1/t11-/m0/s1. The van der Waals surface area contributed by atoms with Crippen molar-refractivity contribution >= 4 is 5.97 Å². The van der Waals surface area contributed by atoms with Crippen molar-refractivity contribution in [3.63, 3.8) is 0 Å². The molecular weight excluding hydrogens is 206 g/mol. The summed E-state index contributed by atoms with van der Waals surface area (Å²) in [4.78, 5) is 11.6. The molecule has 1 saturated heterocycles. The van der Waals surface area contributed by atoms with Crippen molar-refractivity contribution in [2.75, 3.05) is 6.54 Å². The first-order valence-electron chi connectivity index (χ1n) is 5.42. The fraction of sp³-hybridized carbons (Fsp3) is 0.417. The molecule has 1 aromatic rings. The third-order valence-corrected chi connectivity index (χ3v) is 2.70. The zero-order valence-corrected chi connectivity index (χ0v) is 8.96. The summed E-state index contributed by atoms with van der Waals surface area (Å²) in [5, 5.41) is 12.1. The van der Waals surface area contributed by atoms with Gasteiger partial charge in [-0.3, -0.25) is 4.79 Å². The van der Waals surface area contributed by atoms with Crippen LogP contribution in [0.3, 0.4) is 0 Å². The SMILES string of the molecule is O=C(OCc1ccccc1)[C@@H]1CCCN1[O-]. The number of carbonyl (C=O) groups is 1. The maximum Gasteiger partial charge on any atom is 0.322 e. The molecule has 86 valence electrons. The number of hydrogen-bond acceptors (Lipinski definition) is 4. The first-order chi connectivity index (χ1) is 7.77. The summed E-state index contributed by atoms with van der Waals surface area (Å²) in [6.45, 7) is 0.676. The second-order valence-corrected chi connectivity index (χ2v) is 3.89. The number of hydroxylamine groups is 2. The molecule has 1 aromatic carbocycles. The Labute approximate surface area is 94.4 Å². The molecule has 0 amide bonds. The molecule has 4 nitrogen and oxygen atoms in total. The Bertz CT molecular complexity index is 353. The third kappa shape index (κ3) is 2.59. The summed E-state index contributed by atoms with van der Waals surface area (Å²) in [7, 11) is 0. The van der Waals surface area contributed by atoms with Crippen molar-refractivity contribution < 1.29 is 9.53 Å². The van der Waals surface area contributed by atoms with E-state index in [1.54, 1.807) is 0 Å². The van der Waals surface area contributed by atoms with E-state index in [-0.39, 0.29) is 6.61 Å². The van der Waals surface area contributed by atoms with Crippen LogP contribution in [-0.2, 0) is 16.1 Å². The van der Waals surface area contributed by atoms with E-state index in [4.69, 9.17) is 4.74 Å². The summed E-state index contributed by atoms with van der Waals surface area (Å²) in [5.74, 6) is -0.406. The Hall–Kier alpha value is -1.39. The smallest absolute Gasteiger partial charge is 0.322 e. The predicted molar refractivity (Wildman–Crippen MR) is 59.3 cm³/mol. The van der Waals surface area contributed by atoms with Gasteiger partial charge in [-0.15, -0.1) is 0 Å². The minimum absolute atomic E-state index is 0.240. The largest absolute Gasteiger partial charge is 0.785 e. The molecule has 1 fully saturated rings. The van der Waals surface area contributed by atoms with Gasteiger partial charge >= 0.3 is 5.97 Å². The fourth-order valence-corrected chi connectivity index (χ4v) is 1.80. The van der Waals surface area contributed by atoms with Crippen molar-refractivity contribution in [3.05, 3.63) is 41.1 Å². The summed E-state index contributed by atoms with van der Waals surface area (Å²) < 4.78 is 5.10. The maximum absolute atomic E-state index is 11.6. The molecule has 1 atom stereocenters. The minimum Gasteiger partial charge on any atom is -0.785 e. The minimum atomic E-state index is -0.594. The first kappa shape index (κ1) is 11.1. The summed E-state index contributed by atoms with van der Waals surface area (Å²) >= 11 is 0. The van der Waals surface area contributed by atoms with E-state index in [1.165, 1.54) is 0 Å². The van der Waals surface area contributed by atoms with E-state index in [0.29, 0.717) is 13.0 Å². The van der Waals surface area contributed by atoms with Crippen molar-refractivity contribution in [1.29, 1.82) is 0 Å². The Morgan fingerprint density at radius 1 is 1.44 bits per heavy atom. The molecule has 2 rings (SSSR count). The Morgan fingerprint density at radius 3 is 2.81 bits per heavy atom. The van der Waals surface area contributed by atoms with E-state index in [1.807, 2.05) is 30.3 Å². The Balaban J connectivity index is 1.84. The summed E-state index contributed by atoms with van der Waals surface area (Å²) in [5.41, 5.74) is 0.936. The molecule has 0 radical (unpaired) electrons. The summed E-state index contributed by atoms with van der Waals surface area (Å²) in [6, 6.07) is 8.86. The van der Waals surface area contributed by atoms with E-state index >= 15 is 0 Å². The second kappa shape index (κ2) is 5.09. The van der Waals surface area contributed by atoms with Crippen molar-refractivity contribution in [2.45, 2.75) is 25.5 Å². The second-order valence-electron chi connectivity index (χ2n) is 3.89. The van der Waals surface area contributed by atoms with Crippen LogP contribution < -0.4 is 0 Å². The van der Waals surface area contributed by atoms with Gasteiger partial charge in [0.2, 0.25) is 0 Å². The number of nitrogens with zero attached hydrogens (tertiary/aromatic N) is 1. The van der Waals surface area contributed by atoms with Gasteiger partial charge in [0.05, 0.1) is 6.04 Å². The van der Waals surface area contributed by atoms with Gasteiger partial charge in [-0.2, -0.15) is 0 Å². The van der Waals surface area contributed by atoms with Gasteiger partial charge in [0.1, 0.15) is 6.61 Å². The van der Waals surface area contributed by atoms with Crippen LogP contribution in [0.5, 0.6) is 0 Å². The van der Waals surface area contributed by atoms with E-state index in [9.17, 15) is 10.0 Å². The molecule has 1 heterocycles. The molecule has 16 heavy (non-hydrogen) atoms. The number of carbonyl (C=O) groups excluding carboxylic acids is 1. The number of benzene rings is 1. The Morgan fingerprint density at radius 2 is 2.19 bits per heavy atom. The van der Waals surface area contributed by atoms with E-state index in [2.05, 4.69) is 0 Å². The van der Waals surface area contributed by atoms with Gasteiger partial charge in [-0.25, -0.2) is 0 Å². The van der Waals surface area contributed by atoms with Gasteiger partial charge in [-0.1, -0.05) is 30.3 Å². The summed E-state index contributed by atoms with van der Waals surface area (Å²) in [6.07, 6.45) is 1.38. The van der Waals surface area contributed by atoms with Crippen LogP contribution in [0.2, 0.25) is 0 Å². The lowest BCUT2D eigenvalue weighted by atomic mass is 10.2. The molecular formula is C12H14NO3-. The monoisotopic (exact) mass is 220 g/mol. The highest BCUT2D eigenvalue weighted by molar-refractivity contribution is 5.76. The molecule has 0 bridgehead atoms. The van der Waals surface area contributed by atoms with Crippen LogP contribution in [-0.4, -0.2) is 23.6 Å². The molecule has 1 aliphatic rings. The average molecular weight is 220 g/mol. The molecule has 1 aliphatic heterocycles. The van der Waals surface area contributed by atoms with Crippen LogP contribution in [0.25, 0.3) is 0 Å². The maximum atomic E-state index is 11.6. The van der Waals surface area contributed by atoms with Crippen LogP contribution in [0.4, 0.5) is 0 Å². The molecule has 0 aromatic heterocycles. The van der Waals surface area contributed by atoms with Gasteiger partial charge < -0.3 is 15.0 Å². The van der Waals surface area contributed by atoms with Gasteiger partial charge in [0, 0.05) is 0 Å². The lowest BCUT2D eigenvalue weighted by molar-refractivity contribution is -0.149. The van der Waals surface area contributed by atoms with Crippen LogP contribution >= 0.6 is 0 Å². The van der Waals surface area contributed by atoms with Gasteiger partial charge in [-0.05, 0) is 24.9 Å². The number of ether oxygens (including phenoxy) is 1. The quantitative estimate of drug-likeness (QED) is 0.727. The highest BCUT2D eigenvalue weighted by atomic mass is 16.6. The van der Waals surface area contributed by atoms with Crippen molar-refractivity contribution in [3.8, 4) is 0 Å². The lowest BCUT2D eigenvalue weighted by Crippen LogP contribution is -2.33. The first-order valence-corrected chi connectivity index (χ1v) is 5.42. The van der Waals surface area contributed by atoms with Crippen LogP contribution in [0.1, 0.15) is 18.4 Å². The zero-order chi connectivity index (χ0) is 11.4. The Kier molecular flexibility index (Phi) is 3.54. The van der Waals surface area contributed by atoms with Crippen LogP contribution in [0.15, 0.2) is 30.3 Å². The molecule has 0 unspecified atom stereocenters. The number of hydrogen-bond donors (Lipinski definition) is 0. The van der Waals surface area contributed by atoms with Crippen molar-refractivity contribution in [1.82, 2.24) is 5.06 Å². The topological polar surface area (TPSA) is 52.6 Å². The van der Waals surface area contributed by atoms with E-state index in [0.717, 1.165) is 17.0 Å². The molecule has 0 aliphatic carbocycles. The zero-order valence-electron chi connectivity index (χ0n) is 8.96. The third-order valence-electron chi connectivity index (χ3n) is 2.70. The number of rotatable bonds is 3. The molecule has 4 heteroatoms. The highest BCUT2D eigenvalue weighted by Crippen LogP contribution is 2.17. The molecule has 0 saturated carbocycles. The highest BCUT2D eigenvalue weighted by Gasteiger charge is 2.25.